The van der Waals surface area contributed by atoms with Crippen LogP contribution in [0, 0.1) is 16.0 Å². The molecule has 1 atom stereocenters. The molecule has 1 aliphatic carbocycles. The van der Waals surface area contributed by atoms with Crippen molar-refractivity contribution in [2.45, 2.75) is 51.6 Å². The third kappa shape index (κ3) is 3.93. The molecule has 1 N–H and O–H groups in total. The Labute approximate surface area is 124 Å². The van der Waals surface area contributed by atoms with Crippen LogP contribution in [0.5, 0.6) is 0 Å². The van der Waals surface area contributed by atoms with Crippen LogP contribution in [0.1, 0.15) is 44.6 Å². The molecule has 1 aromatic rings. The van der Waals surface area contributed by atoms with Crippen molar-refractivity contribution in [3.8, 4) is 0 Å². The quantitative estimate of drug-likeness (QED) is 0.651. The average Bonchev–Trinajstić information content (AvgIpc) is 2.46. The maximum absolute atomic E-state index is 10.7. The number of rotatable bonds is 5. The number of non-ortho nitro benzene ring substituents is 1. The van der Waals surface area contributed by atoms with Gasteiger partial charge in [-0.2, -0.15) is 0 Å². The lowest BCUT2D eigenvalue weighted by Gasteiger charge is -2.28. The molecule has 5 heteroatoms. The van der Waals surface area contributed by atoms with E-state index >= 15 is 0 Å². The highest BCUT2D eigenvalue weighted by atomic mass is 35.5. The van der Waals surface area contributed by atoms with Gasteiger partial charge in [0.2, 0.25) is 0 Å². The Morgan fingerprint density at radius 2 is 2.10 bits per heavy atom. The molecule has 1 aliphatic rings. The number of nitrogens with zero attached hydrogens (tertiary/aromatic N) is 1. The summed E-state index contributed by atoms with van der Waals surface area (Å²) in [6.07, 6.45) is 6.60. The summed E-state index contributed by atoms with van der Waals surface area (Å²) in [7, 11) is 0. The molecular weight excluding hydrogens is 276 g/mol. The topological polar surface area (TPSA) is 55.2 Å². The lowest BCUT2D eigenvalue weighted by atomic mass is 9.84. The van der Waals surface area contributed by atoms with Crippen LogP contribution in [0.25, 0.3) is 0 Å². The Morgan fingerprint density at radius 3 is 2.70 bits per heavy atom. The van der Waals surface area contributed by atoms with E-state index in [1.54, 1.807) is 6.07 Å². The van der Waals surface area contributed by atoms with Gasteiger partial charge >= 0.3 is 0 Å². The number of nitro groups is 1. The third-order valence-corrected chi connectivity index (χ3v) is 4.57. The van der Waals surface area contributed by atoms with Crippen LogP contribution in [0.3, 0.4) is 0 Å². The SMILES string of the molecule is C[C@@H](NCc1ccc([N+](=O)[O-])cc1Cl)C1CCCCC1. The first-order valence-corrected chi connectivity index (χ1v) is 7.62. The van der Waals surface area contributed by atoms with Crippen molar-refractivity contribution in [1.29, 1.82) is 0 Å². The maximum Gasteiger partial charge on any atom is 0.270 e. The van der Waals surface area contributed by atoms with Gasteiger partial charge in [-0.05, 0) is 37.3 Å². The minimum Gasteiger partial charge on any atom is -0.310 e. The highest BCUT2D eigenvalue weighted by Crippen LogP contribution is 2.27. The smallest absolute Gasteiger partial charge is 0.270 e. The first kappa shape index (κ1) is 15.3. The molecule has 0 aliphatic heterocycles. The van der Waals surface area contributed by atoms with E-state index in [0.717, 1.165) is 11.5 Å². The summed E-state index contributed by atoms with van der Waals surface area (Å²) in [6.45, 7) is 2.88. The minimum absolute atomic E-state index is 0.0408. The fourth-order valence-corrected chi connectivity index (χ4v) is 3.11. The van der Waals surface area contributed by atoms with E-state index in [1.165, 1.54) is 44.2 Å². The molecule has 20 heavy (non-hydrogen) atoms. The first-order chi connectivity index (χ1) is 9.58. The van der Waals surface area contributed by atoms with Crippen LogP contribution in [0.15, 0.2) is 18.2 Å². The van der Waals surface area contributed by atoms with Gasteiger partial charge < -0.3 is 5.32 Å². The van der Waals surface area contributed by atoms with Crippen molar-refractivity contribution in [2.24, 2.45) is 5.92 Å². The summed E-state index contributed by atoms with van der Waals surface area (Å²) < 4.78 is 0. The molecule has 1 aromatic carbocycles. The predicted octanol–water partition coefficient (Wildman–Crippen LogP) is 4.31. The second-order valence-corrected chi connectivity index (χ2v) is 6.01. The van der Waals surface area contributed by atoms with E-state index in [0.29, 0.717) is 17.6 Å². The number of hydrogen-bond acceptors (Lipinski definition) is 3. The van der Waals surface area contributed by atoms with Gasteiger partial charge in [-0.3, -0.25) is 10.1 Å². The third-order valence-electron chi connectivity index (χ3n) is 4.22. The number of nitro benzene ring substituents is 1. The Hall–Kier alpha value is -1.13. The molecule has 110 valence electrons. The van der Waals surface area contributed by atoms with E-state index < -0.39 is 4.92 Å². The Kier molecular flexibility index (Phi) is 5.38. The first-order valence-electron chi connectivity index (χ1n) is 7.24. The molecule has 0 saturated heterocycles. The number of nitrogens with one attached hydrogen (secondary N) is 1. The Balaban J connectivity index is 1.91. The van der Waals surface area contributed by atoms with Gasteiger partial charge in [-0.25, -0.2) is 0 Å². The molecular formula is C15H21ClN2O2. The normalized spacial score (nSPS) is 17.9. The van der Waals surface area contributed by atoms with Crippen molar-refractivity contribution in [3.63, 3.8) is 0 Å². The average molecular weight is 297 g/mol. The van der Waals surface area contributed by atoms with Crippen molar-refractivity contribution in [2.75, 3.05) is 0 Å². The highest BCUT2D eigenvalue weighted by molar-refractivity contribution is 6.31. The summed E-state index contributed by atoms with van der Waals surface area (Å²) in [5, 5.41) is 14.6. The molecule has 2 rings (SSSR count). The maximum atomic E-state index is 10.7. The second-order valence-electron chi connectivity index (χ2n) is 5.60. The highest BCUT2D eigenvalue weighted by Gasteiger charge is 2.19. The van der Waals surface area contributed by atoms with E-state index in [4.69, 9.17) is 11.6 Å². The van der Waals surface area contributed by atoms with E-state index in [-0.39, 0.29) is 5.69 Å². The molecule has 0 aromatic heterocycles. The van der Waals surface area contributed by atoms with Crippen molar-refractivity contribution in [1.82, 2.24) is 5.32 Å². The molecule has 1 fully saturated rings. The number of hydrogen-bond donors (Lipinski definition) is 1. The molecule has 0 spiro atoms. The van der Waals surface area contributed by atoms with Crippen molar-refractivity contribution < 1.29 is 4.92 Å². The fourth-order valence-electron chi connectivity index (χ4n) is 2.86. The van der Waals surface area contributed by atoms with Gasteiger partial charge in [0.25, 0.3) is 5.69 Å². The summed E-state index contributed by atoms with van der Waals surface area (Å²) in [5.41, 5.74) is 0.957. The largest absolute Gasteiger partial charge is 0.310 e. The van der Waals surface area contributed by atoms with Crippen LogP contribution < -0.4 is 5.32 Å². The molecule has 0 amide bonds. The monoisotopic (exact) mass is 296 g/mol. The van der Waals surface area contributed by atoms with E-state index in [2.05, 4.69) is 12.2 Å². The van der Waals surface area contributed by atoms with Gasteiger partial charge in [-0.15, -0.1) is 0 Å². The summed E-state index contributed by atoms with van der Waals surface area (Å²) >= 11 is 6.10. The Morgan fingerprint density at radius 1 is 1.40 bits per heavy atom. The summed E-state index contributed by atoms with van der Waals surface area (Å²) in [4.78, 5) is 10.2. The molecule has 1 saturated carbocycles. The van der Waals surface area contributed by atoms with Gasteiger partial charge in [0.1, 0.15) is 0 Å². The molecule has 0 unspecified atom stereocenters. The zero-order valence-electron chi connectivity index (χ0n) is 11.8. The van der Waals surface area contributed by atoms with Gasteiger partial charge in [-0.1, -0.05) is 30.9 Å². The lowest BCUT2D eigenvalue weighted by Crippen LogP contribution is -2.34. The minimum atomic E-state index is -0.423. The molecule has 0 heterocycles. The predicted molar refractivity (Wildman–Crippen MR) is 81.0 cm³/mol. The van der Waals surface area contributed by atoms with Gasteiger partial charge in [0, 0.05) is 24.7 Å². The van der Waals surface area contributed by atoms with Crippen molar-refractivity contribution >= 4 is 17.3 Å². The molecule has 0 bridgehead atoms. The van der Waals surface area contributed by atoms with Gasteiger partial charge in [0.15, 0.2) is 0 Å². The van der Waals surface area contributed by atoms with Crippen LogP contribution in [0.4, 0.5) is 5.69 Å². The van der Waals surface area contributed by atoms with Crippen molar-refractivity contribution in [3.05, 3.63) is 38.9 Å². The van der Waals surface area contributed by atoms with Crippen LogP contribution >= 0.6 is 11.6 Å². The number of benzene rings is 1. The zero-order valence-corrected chi connectivity index (χ0v) is 12.5. The van der Waals surface area contributed by atoms with Crippen LogP contribution in [-0.4, -0.2) is 11.0 Å². The van der Waals surface area contributed by atoms with Gasteiger partial charge in [0.05, 0.1) is 9.95 Å². The molecule has 0 radical (unpaired) electrons. The fraction of sp³-hybridized carbons (Fsp3) is 0.600. The summed E-state index contributed by atoms with van der Waals surface area (Å²) in [5.74, 6) is 0.737. The van der Waals surface area contributed by atoms with Crippen LogP contribution in [0.2, 0.25) is 5.02 Å². The number of halogens is 1. The van der Waals surface area contributed by atoms with E-state index in [1.807, 2.05) is 0 Å². The lowest BCUT2D eigenvalue weighted by molar-refractivity contribution is -0.384. The second kappa shape index (κ2) is 7.04. The summed E-state index contributed by atoms with van der Waals surface area (Å²) in [6, 6.07) is 5.13. The zero-order chi connectivity index (χ0) is 14.5. The standard InChI is InChI=1S/C15H21ClN2O2/c1-11(12-5-3-2-4-6-12)17-10-13-7-8-14(18(19)20)9-15(13)16/h7-9,11-12,17H,2-6,10H2,1H3/t11-/m1/s1. The molecule has 4 nitrogen and oxygen atoms in total. The van der Waals surface area contributed by atoms with E-state index in [9.17, 15) is 10.1 Å². The Bertz CT molecular complexity index is 473. The van der Waals surface area contributed by atoms with Crippen LogP contribution in [-0.2, 0) is 6.54 Å².